The molecule has 0 amide bonds. The first-order valence-corrected chi connectivity index (χ1v) is 7.14. The molecule has 1 aromatic rings. The number of nitrogens with zero attached hydrogens (tertiary/aromatic N) is 2. The maximum atomic E-state index is 10.2. The quantitative estimate of drug-likeness (QED) is 0.893. The summed E-state index contributed by atoms with van der Waals surface area (Å²) in [4.78, 5) is 8.22. The van der Waals surface area contributed by atoms with Gasteiger partial charge in [0.05, 0.1) is 10.1 Å². The summed E-state index contributed by atoms with van der Waals surface area (Å²) in [5.41, 5.74) is -0.596. The number of aromatic nitrogens is 2. The van der Waals surface area contributed by atoms with Crippen molar-refractivity contribution in [3.63, 3.8) is 0 Å². The fourth-order valence-electron chi connectivity index (χ4n) is 1.58. The standard InChI is InChI=1S/C10H14BrN3OS/c11-8-5-12-9(13-6-8)14-7-10(15)1-3-16-4-2-10/h5-6,15H,1-4,7H2,(H,12,13,14). The Labute approximate surface area is 107 Å². The Morgan fingerprint density at radius 2 is 2.00 bits per heavy atom. The van der Waals surface area contributed by atoms with E-state index < -0.39 is 5.60 Å². The Hall–Kier alpha value is -0.330. The van der Waals surface area contributed by atoms with E-state index in [0.29, 0.717) is 12.5 Å². The molecule has 16 heavy (non-hydrogen) atoms. The molecule has 0 atom stereocenters. The van der Waals surface area contributed by atoms with E-state index in [2.05, 4.69) is 31.2 Å². The van der Waals surface area contributed by atoms with Gasteiger partial charge in [0, 0.05) is 18.9 Å². The Morgan fingerprint density at radius 3 is 2.62 bits per heavy atom. The van der Waals surface area contributed by atoms with Gasteiger partial charge in [-0.2, -0.15) is 11.8 Å². The second-order valence-corrected chi connectivity index (χ2v) is 6.06. The summed E-state index contributed by atoms with van der Waals surface area (Å²) < 4.78 is 0.853. The molecule has 2 N–H and O–H groups in total. The Morgan fingerprint density at radius 1 is 1.38 bits per heavy atom. The third-order valence-electron chi connectivity index (χ3n) is 2.62. The zero-order valence-corrected chi connectivity index (χ0v) is 11.2. The summed E-state index contributed by atoms with van der Waals surface area (Å²) in [5, 5.41) is 13.3. The number of thioether (sulfide) groups is 1. The summed E-state index contributed by atoms with van der Waals surface area (Å²) in [5.74, 6) is 2.62. The fraction of sp³-hybridized carbons (Fsp3) is 0.600. The zero-order chi connectivity index (χ0) is 11.4. The Bertz CT molecular complexity index is 340. The molecule has 6 heteroatoms. The van der Waals surface area contributed by atoms with E-state index in [0.717, 1.165) is 28.8 Å². The molecule has 88 valence electrons. The molecule has 0 aromatic carbocycles. The smallest absolute Gasteiger partial charge is 0.222 e. The first-order valence-electron chi connectivity index (χ1n) is 5.20. The van der Waals surface area contributed by atoms with Gasteiger partial charge in [-0.15, -0.1) is 0 Å². The molecule has 1 fully saturated rings. The summed E-state index contributed by atoms with van der Waals surface area (Å²) in [6, 6.07) is 0. The summed E-state index contributed by atoms with van der Waals surface area (Å²) in [7, 11) is 0. The molecule has 1 aliphatic rings. The van der Waals surface area contributed by atoms with Gasteiger partial charge < -0.3 is 10.4 Å². The molecule has 0 aliphatic carbocycles. The van der Waals surface area contributed by atoms with Crippen LogP contribution >= 0.6 is 27.7 Å². The summed E-state index contributed by atoms with van der Waals surface area (Å²) in [6.45, 7) is 0.523. The SMILES string of the molecule is OC1(CNc2ncc(Br)cn2)CCSCC1. The van der Waals surface area contributed by atoms with Crippen molar-refractivity contribution in [1.29, 1.82) is 0 Å². The van der Waals surface area contributed by atoms with Gasteiger partial charge in [-0.3, -0.25) is 0 Å². The molecule has 1 aliphatic heterocycles. The van der Waals surface area contributed by atoms with E-state index in [1.54, 1.807) is 12.4 Å². The van der Waals surface area contributed by atoms with Crippen LogP contribution in [0.5, 0.6) is 0 Å². The molecular weight excluding hydrogens is 290 g/mol. The molecule has 1 aromatic heterocycles. The van der Waals surface area contributed by atoms with Crippen LogP contribution in [0.25, 0.3) is 0 Å². The van der Waals surface area contributed by atoms with Gasteiger partial charge in [0.2, 0.25) is 5.95 Å². The lowest BCUT2D eigenvalue weighted by molar-refractivity contribution is 0.0452. The predicted octanol–water partition coefficient (Wildman–Crippen LogP) is 1.91. The zero-order valence-electron chi connectivity index (χ0n) is 8.82. The van der Waals surface area contributed by atoms with E-state index in [1.807, 2.05) is 11.8 Å². The third-order valence-corrected chi connectivity index (χ3v) is 4.01. The lowest BCUT2D eigenvalue weighted by Gasteiger charge is -2.31. The number of halogens is 1. The monoisotopic (exact) mass is 303 g/mol. The lowest BCUT2D eigenvalue weighted by atomic mass is 9.97. The van der Waals surface area contributed by atoms with Gasteiger partial charge in [0.25, 0.3) is 0 Å². The van der Waals surface area contributed by atoms with Gasteiger partial charge in [0.1, 0.15) is 0 Å². The van der Waals surface area contributed by atoms with Crippen molar-refractivity contribution in [2.75, 3.05) is 23.4 Å². The van der Waals surface area contributed by atoms with Crippen LogP contribution in [0.15, 0.2) is 16.9 Å². The Balaban J connectivity index is 1.88. The summed E-state index contributed by atoms with van der Waals surface area (Å²) >= 11 is 5.17. The number of aliphatic hydroxyl groups is 1. The van der Waals surface area contributed by atoms with Crippen LogP contribution in [-0.2, 0) is 0 Å². The average Bonchev–Trinajstić information content (AvgIpc) is 2.29. The number of nitrogens with one attached hydrogen (secondary N) is 1. The van der Waals surface area contributed by atoms with E-state index in [4.69, 9.17) is 0 Å². The maximum absolute atomic E-state index is 10.2. The molecule has 2 heterocycles. The van der Waals surface area contributed by atoms with Crippen LogP contribution in [-0.4, -0.2) is 38.7 Å². The van der Waals surface area contributed by atoms with Crippen LogP contribution in [0.1, 0.15) is 12.8 Å². The summed E-state index contributed by atoms with van der Waals surface area (Å²) in [6.07, 6.45) is 5.05. The molecular formula is C10H14BrN3OS. The van der Waals surface area contributed by atoms with Crippen molar-refractivity contribution >= 4 is 33.6 Å². The predicted molar refractivity (Wildman–Crippen MR) is 69.7 cm³/mol. The van der Waals surface area contributed by atoms with Crippen molar-refractivity contribution in [2.24, 2.45) is 0 Å². The topological polar surface area (TPSA) is 58.0 Å². The molecule has 0 unspecified atom stereocenters. The minimum Gasteiger partial charge on any atom is -0.388 e. The minimum atomic E-state index is -0.596. The van der Waals surface area contributed by atoms with Gasteiger partial charge in [-0.1, -0.05) is 0 Å². The van der Waals surface area contributed by atoms with E-state index in [1.165, 1.54) is 0 Å². The van der Waals surface area contributed by atoms with Crippen LogP contribution in [0.4, 0.5) is 5.95 Å². The highest BCUT2D eigenvalue weighted by Crippen LogP contribution is 2.26. The van der Waals surface area contributed by atoms with Crippen molar-refractivity contribution in [3.8, 4) is 0 Å². The van der Waals surface area contributed by atoms with Crippen LogP contribution in [0.2, 0.25) is 0 Å². The van der Waals surface area contributed by atoms with Gasteiger partial charge in [-0.25, -0.2) is 9.97 Å². The second kappa shape index (κ2) is 5.33. The molecule has 2 rings (SSSR count). The van der Waals surface area contributed by atoms with E-state index in [9.17, 15) is 5.11 Å². The van der Waals surface area contributed by atoms with Gasteiger partial charge >= 0.3 is 0 Å². The van der Waals surface area contributed by atoms with Crippen molar-refractivity contribution in [1.82, 2.24) is 9.97 Å². The largest absolute Gasteiger partial charge is 0.388 e. The minimum absolute atomic E-state index is 0.523. The average molecular weight is 304 g/mol. The molecule has 0 saturated carbocycles. The molecule has 0 radical (unpaired) electrons. The number of hydrogen-bond donors (Lipinski definition) is 2. The number of hydrogen-bond acceptors (Lipinski definition) is 5. The molecule has 0 bridgehead atoms. The van der Waals surface area contributed by atoms with E-state index >= 15 is 0 Å². The first kappa shape index (κ1) is 12.1. The highest BCUT2D eigenvalue weighted by molar-refractivity contribution is 9.10. The van der Waals surface area contributed by atoms with Crippen LogP contribution in [0, 0.1) is 0 Å². The number of anilines is 1. The van der Waals surface area contributed by atoms with Gasteiger partial charge in [-0.05, 0) is 40.3 Å². The normalized spacial score (nSPS) is 19.4. The van der Waals surface area contributed by atoms with E-state index in [-0.39, 0.29) is 0 Å². The van der Waals surface area contributed by atoms with Crippen molar-refractivity contribution < 1.29 is 5.11 Å². The van der Waals surface area contributed by atoms with Crippen molar-refractivity contribution in [2.45, 2.75) is 18.4 Å². The molecule has 0 spiro atoms. The maximum Gasteiger partial charge on any atom is 0.222 e. The first-order chi connectivity index (χ1) is 7.68. The highest BCUT2D eigenvalue weighted by atomic mass is 79.9. The highest BCUT2D eigenvalue weighted by Gasteiger charge is 2.29. The lowest BCUT2D eigenvalue weighted by Crippen LogP contribution is -2.40. The third kappa shape index (κ3) is 3.33. The fourth-order valence-corrected chi connectivity index (χ4v) is 3.03. The van der Waals surface area contributed by atoms with Crippen LogP contribution < -0.4 is 5.32 Å². The number of rotatable bonds is 3. The molecule has 4 nitrogen and oxygen atoms in total. The Kier molecular flexibility index (Phi) is 4.05. The van der Waals surface area contributed by atoms with Crippen molar-refractivity contribution in [3.05, 3.63) is 16.9 Å². The molecule has 1 saturated heterocycles. The second-order valence-electron chi connectivity index (χ2n) is 3.92. The van der Waals surface area contributed by atoms with Gasteiger partial charge in [0.15, 0.2) is 0 Å². The van der Waals surface area contributed by atoms with Crippen LogP contribution in [0.3, 0.4) is 0 Å².